The summed E-state index contributed by atoms with van der Waals surface area (Å²) in [6.45, 7) is 1.45. The van der Waals surface area contributed by atoms with Crippen molar-refractivity contribution in [2.45, 2.75) is 12.5 Å². The van der Waals surface area contributed by atoms with Gasteiger partial charge >= 0.3 is 6.03 Å². The number of pyridine rings is 1. The van der Waals surface area contributed by atoms with Crippen LogP contribution in [0.4, 0.5) is 16.2 Å². The number of carbonyl (C=O) groups excluding carboxylic acids is 1. The number of rotatable bonds is 3. The van der Waals surface area contributed by atoms with Crippen LogP contribution in [0.25, 0.3) is 0 Å². The molecule has 2 heterocycles. The molecule has 1 aliphatic heterocycles. The summed E-state index contributed by atoms with van der Waals surface area (Å²) in [6, 6.07) is 12.1. The number of halogens is 1. The first kappa shape index (κ1) is 14.8. The van der Waals surface area contributed by atoms with E-state index in [9.17, 15) is 4.79 Å². The van der Waals surface area contributed by atoms with E-state index < -0.39 is 0 Å². The van der Waals surface area contributed by atoms with Crippen molar-refractivity contribution in [2.24, 2.45) is 0 Å². The van der Waals surface area contributed by atoms with Crippen LogP contribution in [0.3, 0.4) is 0 Å². The lowest BCUT2D eigenvalue weighted by atomic mass is 10.2. The van der Waals surface area contributed by atoms with Gasteiger partial charge in [-0.05, 0) is 40.5 Å². The van der Waals surface area contributed by atoms with Crippen molar-refractivity contribution in [3.8, 4) is 0 Å². The Bertz CT molecular complexity index is 650. The van der Waals surface area contributed by atoms with Gasteiger partial charge in [0.1, 0.15) is 0 Å². The molecule has 114 valence electrons. The van der Waals surface area contributed by atoms with Gasteiger partial charge in [0.15, 0.2) is 0 Å². The van der Waals surface area contributed by atoms with Crippen molar-refractivity contribution in [1.82, 2.24) is 9.88 Å². The maximum Gasteiger partial charge on any atom is 0.321 e. The first-order chi connectivity index (χ1) is 10.7. The van der Waals surface area contributed by atoms with Crippen molar-refractivity contribution >= 4 is 33.3 Å². The SMILES string of the molecule is O=C(Nc1ccncc1Br)N1CCC(Nc2ccccc2)C1. The van der Waals surface area contributed by atoms with Gasteiger partial charge in [-0.3, -0.25) is 4.98 Å². The highest BCUT2D eigenvalue weighted by atomic mass is 79.9. The van der Waals surface area contributed by atoms with E-state index in [2.05, 4.69) is 31.5 Å². The van der Waals surface area contributed by atoms with Gasteiger partial charge in [-0.15, -0.1) is 0 Å². The fourth-order valence-corrected chi connectivity index (χ4v) is 2.85. The van der Waals surface area contributed by atoms with Crippen molar-refractivity contribution in [3.63, 3.8) is 0 Å². The molecule has 1 unspecified atom stereocenters. The maximum absolute atomic E-state index is 12.3. The second kappa shape index (κ2) is 6.79. The summed E-state index contributed by atoms with van der Waals surface area (Å²) >= 11 is 3.38. The number of urea groups is 1. The second-order valence-electron chi connectivity index (χ2n) is 5.23. The van der Waals surface area contributed by atoms with E-state index in [0.29, 0.717) is 6.54 Å². The Morgan fingerprint density at radius 1 is 1.27 bits per heavy atom. The van der Waals surface area contributed by atoms with Crippen LogP contribution in [0.1, 0.15) is 6.42 Å². The minimum Gasteiger partial charge on any atom is -0.380 e. The third kappa shape index (κ3) is 3.57. The highest BCUT2D eigenvalue weighted by Gasteiger charge is 2.26. The molecule has 0 saturated carbocycles. The fraction of sp³-hybridized carbons (Fsp3) is 0.250. The van der Waals surface area contributed by atoms with Crippen LogP contribution in [0.2, 0.25) is 0 Å². The zero-order chi connectivity index (χ0) is 15.4. The molecule has 1 aromatic carbocycles. The van der Waals surface area contributed by atoms with Crippen LogP contribution in [-0.2, 0) is 0 Å². The fourth-order valence-electron chi connectivity index (χ4n) is 2.50. The normalized spacial score (nSPS) is 17.3. The summed E-state index contributed by atoms with van der Waals surface area (Å²) in [5, 5.41) is 6.37. The number of hydrogen-bond acceptors (Lipinski definition) is 3. The smallest absolute Gasteiger partial charge is 0.321 e. The largest absolute Gasteiger partial charge is 0.380 e. The van der Waals surface area contributed by atoms with E-state index >= 15 is 0 Å². The van der Waals surface area contributed by atoms with E-state index in [4.69, 9.17) is 0 Å². The average Bonchev–Trinajstić information content (AvgIpc) is 2.99. The van der Waals surface area contributed by atoms with E-state index in [1.807, 2.05) is 35.2 Å². The maximum atomic E-state index is 12.3. The molecule has 2 N–H and O–H groups in total. The summed E-state index contributed by atoms with van der Waals surface area (Å²) in [6.07, 6.45) is 4.27. The zero-order valence-electron chi connectivity index (χ0n) is 12.0. The molecule has 1 atom stereocenters. The summed E-state index contributed by atoms with van der Waals surface area (Å²) in [5.41, 5.74) is 1.83. The Hall–Kier alpha value is -2.08. The predicted octanol–water partition coefficient (Wildman–Crippen LogP) is 3.56. The molecule has 0 aliphatic carbocycles. The number of hydrogen-bond donors (Lipinski definition) is 2. The van der Waals surface area contributed by atoms with Gasteiger partial charge < -0.3 is 15.5 Å². The van der Waals surface area contributed by atoms with Crippen LogP contribution in [0, 0.1) is 0 Å². The molecule has 22 heavy (non-hydrogen) atoms. The zero-order valence-corrected chi connectivity index (χ0v) is 13.6. The van der Waals surface area contributed by atoms with Crippen molar-refractivity contribution in [2.75, 3.05) is 23.7 Å². The molecule has 5 nitrogen and oxygen atoms in total. The Morgan fingerprint density at radius 2 is 2.09 bits per heavy atom. The van der Waals surface area contributed by atoms with Crippen molar-refractivity contribution in [1.29, 1.82) is 0 Å². The van der Waals surface area contributed by atoms with Crippen LogP contribution in [0.15, 0.2) is 53.3 Å². The molecule has 3 rings (SSSR count). The van der Waals surface area contributed by atoms with E-state index in [1.54, 1.807) is 18.5 Å². The number of aromatic nitrogens is 1. The third-order valence-electron chi connectivity index (χ3n) is 3.63. The monoisotopic (exact) mass is 360 g/mol. The summed E-state index contributed by atoms with van der Waals surface area (Å²) in [5.74, 6) is 0. The lowest BCUT2D eigenvalue weighted by Gasteiger charge is -2.18. The number of anilines is 2. The first-order valence-electron chi connectivity index (χ1n) is 7.19. The second-order valence-corrected chi connectivity index (χ2v) is 6.08. The average molecular weight is 361 g/mol. The number of nitrogens with zero attached hydrogens (tertiary/aromatic N) is 2. The lowest BCUT2D eigenvalue weighted by Crippen LogP contribution is -2.35. The van der Waals surface area contributed by atoms with Crippen LogP contribution >= 0.6 is 15.9 Å². The third-order valence-corrected chi connectivity index (χ3v) is 4.27. The highest BCUT2D eigenvalue weighted by Crippen LogP contribution is 2.22. The van der Waals surface area contributed by atoms with Gasteiger partial charge in [-0.1, -0.05) is 18.2 Å². The van der Waals surface area contributed by atoms with Crippen LogP contribution in [-0.4, -0.2) is 35.0 Å². The van der Waals surface area contributed by atoms with Crippen LogP contribution < -0.4 is 10.6 Å². The highest BCUT2D eigenvalue weighted by molar-refractivity contribution is 9.10. The number of para-hydroxylation sites is 1. The Morgan fingerprint density at radius 3 is 2.86 bits per heavy atom. The molecule has 1 saturated heterocycles. The Kier molecular flexibility index (Phi) is 4.58. The van der Waals surface area contributed by atoms with Gasteiger partial charge in [-0.25, -0.2) is 4.79 Å². The molecule has 2 aromatic rings. The van der Waals surface area contributed by atoms with Gasteiger partial charge in [0.05, 0.1) is 10.2 Å². The van der Waals surface area contributed by atoms with Gasteiger partial charge in [0.2, 0.25) is 0 Å². The minimum atomic E-state index is -0.0794. The molecular formula is C16H17BrN4O. The molecule has 6 heteroatoms. The van der Waals surface area contributed by atoms with E-state index in [0.717, 1.165) is 28.8 Å². The Labute approximate surface area is 137 Å². The molecule has 0 bridgehead atoms. The summed E-state index contributed by atoms with van der Waals surface area (Å²) in [7, 11) is 0. The van der Waals surface area contributed by atoms with Crippen LogP contribution in [0.5, 0.6) is 0 Å². The molecule has 1 fully saturated rings. The predicted molar refractivity (Wildman–Crippen MR) is 91.0 cm³/mol. The minimum absolute atomic E-state index is 0.0794. The number of amides is 2. The van der Waals surface area contributed by atoms with Gasteiger partial charge in [0.25, 0.3) is 0 Å². The molecule has 1 aromatic heterocycles. The van der Waals surface area contributed by atoms with Gasteiger partial charge in [0, 0.05) is 37.2 Å². The van der Waals surface area contributed by atoms with Crippen molar-refractivity contribution < 1.29 is 4.79 Å². The quantitative estimate of drug-likeness (QED) is 0.879. The number of benzene rings is 1. The first-order valence-corrected chi connectivity index (χ1v) is 7.99. The molecule has 0 radical (unpaired) electrons. The van der Waals surface area contributed by atoms with E-state index in [-0.39, 0.29) is 12.1 Å². The number of nitrogens with one attached hydrogen (secondary N) is 2. The van der Waals surface area contributed by atoms with Crippen molar-refractivity contribution in [3.05, 3.63) is 53.3 Å². The number of carbonyl (C=O) groups is 1. The van der Waals surface area contributed by atoms with E-state index in [1.165, 1.54) is 0 Å². The molecule has 0 spiro atoms. The standard InChI is InChI=1S/C16H17BrN4O/c17-14-10-18-8-6-15(14)20-16(22)21-9-7-13(11-21)19-12-4-2-1-3-5-12/h1-6,8,10,13,19H,7,9,11H2,(H,18,20,22). The van der Waals surface area contributed by atoms with Gasteiger partial charge in [-0.2, -0.15) is 0 Å². The molecule has 2 amide bonds. The number of likely N-dealkylation sites (tertiary alicyclic amines) is 1. The Balaban J connectivity index is 1.56. The summed E-state index contributed by atoms with van der Waals surface area (Å²) < 4.78 is 0.779. The molecule has 1 aliphatic rings. The topological polar surface area (TPSA) is 57.3 Å². The summed E-state index contributed by atoms with van der Waals surface area (Å²) in [4.78, 5) is 18.1. The lowest BCUT2D eigenvalue weighted by molar-refractivity contribution is 0.222. The molecular weight excluding hydrogens is 344 g/mol.